The molecule has 0 saturated heterocycles. The highest BCUT2D eigenvalue weighted by atomic mass is 35.5. The van der Waals surface area contributed by atoms with Gasteiger partial charge in [0.25, 0.3) is 5.91 Å². The number of nitrogens with one attached hydrogen (secondary N) is 1. The number of benzene rings is 2. The van der Waals surface area contributed by atoms with E-state index in [9.17, 15) is 4.79 Å². The quantitative estimate of drug-likeness (QED) is 0.622. The Morgan fingerprint density at radius 3 is 2.81 bits per heavy atom. The van der Waals surface area contributed by atoms with Crippen LogP contribution in [0.15, 0.2) is 47.6 Å². The van der Waals surface area contributed by atoms with Crippen molar-refractivity contribution < 1.29 is 4.79 Å². The predicted octanol–water partition coefficient (Wildman–Crippen LogP) is 4.83. The molecule has 0 saturated carbocycles. The van der Waals surface area contributed by atoms with E-state index in [1.807, 2.05) is 6.07 Å². The van der Waals surface area contributed by atoms with Gasteiger partial charge in [-0.3, -0.25) is 4.79 Å². The minimum atomic E-state index is -0.281. The summed E-state index contributed by atoms with van der Waals surface area (Å²) in [4.78, 5) is 14.4. The van der Waals surface area contributed by atoms with Crippen LogP contribution in [0.1, 0.15) is 54.6 Å². The number of nitrogens with zero attached hydrogens (tertiary/aromatic N) is 2. The van der Waals surface area contributed by atoms with Gasteiger partial charge in [0.2, 0.25) is 0 Å². The number of carbonyl (C=O) groups excluding carboxylic acids is 1. The minimum Gasteiger partial charge on any atom is -0.369 e. The number of hydrazone groups is 1. The topological polar surface area (TPSA) is 44.7 Å². The van der Waals surface area contributed by atoms with Crippen LogP contribution in [0, 0.1) is 0 Å². The van der Waals surface area contributed by atoms with Gasteiger partial charge in [0, 0.05) is 28.9 Å². The Balaban J connectivity index is 1.74. The van der Waals surface area contributed by atoms with Crippen LogP contribution in [-0.2, 0) is 0 Å². The van der Waals surface area contributed by atoms with Crippen molar-refractivity contribution in [2.75, 3.05) is 11.9 Å². The summed E-state index contributed by atoms with van der Waals surface area (Å²) in [6.45, 7) is 6.80. The Kier molecular flexibility index (Phi) is 5.05. The Morgan fingerprint density at radius 1 is 1.31 bits per heavy atom. The van der Waals surface area contributed by atoms with Gasteiger partial charge in [-0.1, -0.05) is 30.7 Å². The molecule has 2 aromatic rings. The number of amides is 1. The Hall–Kier alpha value is -2.33. The van der Waals surface area contributed by atoms with Gasteiger partial charge in [-0.2, -0.15) is 5.10 Å². The molecule has 1 heterocycles. The van der Waals surface area contributed by atoms with Gasteiger partial charge in [-0.25, -0.2) is 5.43 Å². The summed E-state index contributed by atoms with van der Waals surface area (Å²) >= 11 is 5.91. The highest BCUT2D eigenvalue weighted by Crippen LogP contribution is 2.42. The molecule has 0 aliphatic carbocycles. The maximum atomic E-state index is 12.1. The lowest BCUT2D eigenvalue weighted by molar-refractivity contribution is 0.0955. The molecule has 1 N–H and O–H groups in total. The molecule has 2 aromatic carbocycles. The zero-order valence-electron chi connectivity index (χ0n) is 15.6. The molecule has 0 radical (unpaired) electrons. The number of anilines is 1. The molecule has 4 nitrogen and oxygen atoms in total. The largest absolute Gasteiger partial charge is 0.369 e. The molecule has 1 unspecified atom stereocenters. The van der Waals surface area contributed by atoms with Gasteiger partial charge in [0.1, 0.15) is 0 Å². The van der Waals surface area contributed by atoms with E-state index in [1.54, 1.807) is 30.5 Å². The molecule has 1 amide bonds. The fourth-order valence-corrected chi connectivity index (χ4v) is 3.73. The van der Waals surface area contributed by atoms with Crippen molar-refractivity contribution in [3.63, 3.8) is 0 Å². The van der Waals surface area contributed by atoms with Gasteiger partial charge in [0.15, 0.2) is 0 Å². The van der Waals surface area contributed by atoms with E-state index in [-0.39, 0.29) is 11.4 Å². The van der Waals surface area contributed by atoms with E-state index in [0.29, 0.717) is 16.5 Å². The fraction of sp³-hybridized carbons (Fsp3) is 0.333. The van der Waals surface area contributed by atoms with Crippen LogP contribution in [0.4, 0.5) is 5.69 Å². The smallest absolute Gasteiger partial charge is 0.271 e. The van der Waals surface area contributed by atoms with Crippen molar-refractivity contribution >= 4 is 29.4 Å². The van der Waals surface area contributed by atoms with Gasteiger partial charge < -0.3 is 4.90 Å². The standard InChI is InChI=1S/C21H24ClN3O/c1-14-12-21(2,3)25(4)19-9-8-15(10-18(14)19)13-23-24-20(26)16-6-5-7-17(22)11-16/h5-11,13-14H,12H2,1-4H3,(H,24,26)/b23-13-. The first-order chi connectivity index (χ1) is 12.3. The molecular formula is C21H24ClN3O. The molecule has 5 heteroatoms. The van der Waals surface area contributed by atoms with Crippen molar-refractivity contribution in [1.29, 1.82) is 0 Å². The first-order valence-electron chi connectivity index (χ1n) is 8.75. The second kappa shape index (κ2) is 7.12. The zero-order valence-corrected chi connectivity index (χ0v) is 16.3. The molecule has 136 valence electrons. The van der Waals surface area contributed by atoms with Crippen LogP contribution in [0.3, 0.4) is 0 Å². The lowest BCUT2D eigenvalue weighted by Gasteiger charge is -2.45. The van der Waals surface area contributed by atoms with E-state index in [0.717, 1.165) is 12.0 Å². The number of carbonyl (C=O) groups is 1. The van der Waals surface area contributed by atoms with Crippen molar-refractivity contribution in [1.82, 2.24) is 5.43 Å². The number of hydrogen-bond donors (Lipinski definition) is 1. The normalized spacial score (nSPS) is 18.7. The summed E-state index contributed by atoms with van der Waals surface area (Å²) in [5.74, 6) is 0.196. The monoisotopic (exact) mass is 369 g/mol. The summed E-state index contributed by atoms with van der Waals surface area (Å²) in [6.07, 6.45) is 2.78. The number of rotatable bonds is 3. The molecule has 26 heavy (non-hydrogen) atoms. The number of halogens is 1. The Bertz CT molecular complexity index is 860. The molecule has 0 fully saturated rings. The van der Waals surface area contributed by atoms with Gasteiger partial charge in [0.05, 0.1) is 6.21 Å². The van der Waals surface area contributed by atoms with E-state index in [4.69, 9.17) is 11.6 Å². The van der Waals surface area contributed by atoms with Crippen LogP contribution in [0.2, 0.25) is 5.02 Å². The van der Waals surface area contributed by atoms with E-state index < -0.39 is 0 Å². The third kappa shape index (κ3) is 3.75. The SMILES string of the molecule is CC1CC(C)(C)N(C)c2ccc(/C=N\NC(=O)c3cccc(Cl)c3)cc21. The number of hydrogen-bond acceptors (Lipinski definition) is 3. The second-order valence-electron chi connectivity index (χ2n) is 7.50. The number of fused-ring (bicyclic) bond motifs is 1. The lowest BCUT2D eigenvalue weighted by Crippen LogP contribution is -2.45. The van der Waals surface area contributed by atoms with Crippen LogP contribution in [-0.4, -0.2) is 24.7 Å². The lowest BCUT2D eigenvalue weighted by atomic mass is 9.80. The Labute approximate surface area is 159 Å². The van der Waals surface area contributed by atoms with Crippen molar-refractivity contribution in [3.05, 3.63) is 64.2 Å². The van der Waals surface area contributed by atoms with Gasteiger partial charge in [-0.15, -0.1) is 0 Å². The summed E-state index contributed by atoms with van der Waals surface area (Å²) in [5.41, 5.74) is 6.72. The fourth-order valence-electron chi connectivity index (χ4n) is 3.54. The summed E-state index contributed by atoms with van der Waals surface area (Å²) in [6, 6.07) is 13.1. The maximum absolute atomic E-state index is 12.1. The van der Waals surface area contributed by atoms with Crippen molar-refractivity contribution in [2.45, 2.75) is 38.6 Å². The van der Waals surface area contributed by atoms with Crippen LogP contribution in [0.5, 0.6) is 0 Å². The van der Waals surface area contributed by atoms with Crippen LogP contribution < -0.4 is 10.3 Å². The third-order valence-corrected chi connectivity index (χ3v) is 5.36. The van der Waals surface area contributed by atoms with Crippen molar-refractivity contribution in [3.8, 4) is 0 Å². The van der Waals surface area contributed by atoms with Crippen LogP contribution >= 0.6 is 11.6 Å². The van der Waals surface area contributed by atoms with E-state index in [2.05, 4.69) is 55.4 Å². The molecule has 3 rings (SSSR count). The third-order valence-electron chi connectivity index (χ3n) is 5.12. The molecular weight excluding hydrogens is 346 g/mol. The maximum Gasteiger partial charge on any atom is 0.271 e. The van der Waals surface area contributed by atoms with Crippen LogP contribution in [0.25, 0.3) is 0 Å². The average molecular weight is 370 g/mol. The first-order valence-corrected chi connectivity index (χ1v) is 9.12. The second-order valence-corrected chi connectivity index (χ2v) is 7.94. The molecule has 0 aromatic heterocycles. The molecule has 1 atom stereocenters. The molecule has 0 bridgehead atoms. The minimum absolute atomic E-state index is 0.146. The van der Waals surface area contributed by atoms with E-state index >= 15 is 0 Å². The highest BCUT2D eigenvalue weighted by molar-refractivity contribution is 6.30. The molecule has 1 aliphatic rings. The summed E-state index contributed by atoms with van der Waals surface area (Å²) in [7, 11) is 2.14. The van der Waals surface area contributed by atoms with Gasteiger partial charge in [-0.05, 0) is 67.6 Å². The average Bonchev–Trinajstić information content (AvgIpc) is 2.59. The van der Waals surface area contributed by atoms with Gasteiger partial charge >= 0.3 is 0 Å². The van der Waals surface area contributed by atoms with E-state index in [1.165, 1.54) is 11.3 Å². The van der Waals surface area contributed by atoms with Crippen molar-refractivity contribution in [2.24, 2.45) is 5.10 Å². The molecule has 1 aliphatic heterocycles. The zero-order chi connectivity index (χ0) is 18.9. The first kappa shape index (κ1) is 18.5. The Morgan fingerprint density at radius 2 is 2.08 bits per heavy atom. The highest BCUT2D eigenvalue weighted by Gasteiger charge is 2.33. The molecule has 0 spiro atoms. The summed E-state index contributed by atoms with van der Waals surface area (Å²) in [5, 5.41) is 4.61. The predicted molar refractivity (Wildman–Crippen MR) is 108 cm³/mol. The summed E-state index contributed by atoms with van der Waals surface area (Å²) < 4.78 is 0.